The molecule has 1 aliphatic rings. The molecular formula is C31H30O6S. The number of hydrogen-bond acceptors (Lipinski definition) is 7. The second kappa shape index (κ2) is 11.2. The van der Waals surface area contributed by atoms with E-state index in [1.807, 2.05) is 24.3 Å². The van der Waals surface area contributed by atoms with Gasteiger partial charge in [0.2, 0.25) is 5.75 Å². The molecule has 1 heterocycles. The molecule has 0 N–H and O–H groups in total. The predicted molar refractivity (Wildman–Crippen MR) is 151 cm³/mol. The number of rotatable bonds is 11. The number of ketones is 1. The number of methoxy groups -OCH3 is 4. The van der Waals surface area contributed by atoms with Crippen LogP contribution in [0.15, 0.2) is 60.7 Å². The number of fused-ring (bicyclic) bond motifs is 1. The summed E-state index contributed by atoms with van der Waals surface area (Å²) >= 11 is 1.69. The average molecular weight is 531 g/mol. The number of benzene rings is 3. The third kappa shape index (κ3) is 5.34. The lowest BCUT2D eigenvalue weighted by Gasteiger charge is -2.15. The topological polar surface area (TPSA) is 63.2 Å². The summed E-state index contributed by atoms with van der Waals surface area (Å²) in [5.41, 5.74) is 2.13. The van der Waals surface area contributed by atoms with Crippen molar-refractivity contribution >= 4 is 33.3 Å². The standard InChI is InChI=1S/C31H30O6S/c1-33-25-17-26(34-2)23(30-16-21-7-5-6-8-29(21)38-30)13-20(25)11-12-24(32)22-14-27(35-3)31(28(15-22)36-4)37-18-19-9-10-19/h5-8,11-17,19H,9-10,18H2,1-4H3/b12-11+. The van der Waals surface area contributed by atoms with Crippen LogP contribution in [0, 0.1) is 5.92 Å². The van der Waals surface area contributed by atoms with E-state index in [1.165, 1.54) is 29.0 Å². The molecule has 3 aromatic carbocycles. The summed E-state index contributed by atoms with van der Waals surface area (Å²) in [7, 11) is 6.35. The molecule has 5 rings (SSSR count). The summed E-state index contributed by atoms with van der Waals surface area (Å²) in [5.74, 6) is 3.14. The molecule has 1 aliphatic carbocycles. The molecule has 1 aromatic heterocycles. The van der Waals surface area contributed by atoms with Crippen molar-refractivity contribution in [1.29, 1.82) is 0 Å². The van der Waals surface area contributed by atoms with Gasteiger partial charge in [-0.05, 0) is 66.6 Å². The van der Waals surface area contributed by atoms with E-state index in [9.17, 15) is 4.79 Å². The monoisotopic (exact) mass is 530 g/mol. The second-order valence-corrected chi connectivity index (χ2v) is 10.2. The minimum absolute atomic E-state index is 0.198. The summed E-state index contributed by atoms with van der Waals surface area (Å²) in [6.07, 6.45) is 5.63. The minimum atomic E-state index is -0.198. The van der Waals surface area contributed by atoms with Gasteiger partial charge >= 0.3 is 0 Å². The van der Waals surface area contributed by atoms with E-state index in [1.54, 1.807) is 58.0 Å². The van der Waals surface area contributed by atoms with Crippen LogP contribution in [0.25, 0.3) is 26.6 Å². The Morgan fingerprint density at radius 3 is 2.18 bits per heavy atom. The highest BCUT2D eigenvalue weighted by atomic mass is 32.1. The molecule has 0 bridgehead atoms. The van der Waals surface area contributed by atoms with Gasteiger partial charge in [-0.2, -0.15) is 0 Å². The molecule has 0 aliphatic heterocycles. The van der Waals surface area contributed by atoms with Crippen molar-refractivity contribution in [3.8, 4) is 39.2 Å². The van der Waals surface area contributed by atoms with Crippen molar-refractivity contribution in [3.63, 3.8) is 0 Å². The van der Waals surface area contributed by atoms with Gasteiger partial charge in [0.15, 0.2) is 17.3 Å². The van der Waals surface area contributed by atoms with Crippen LogP contribution in [0.2, 0.25) is 0 Å². The minimum Gasteiger partial charge on any atom is -0.496 e. The second-order valence-electron chi connectivity index (χ2n) is 9.10. The Labute approximate surface area is 226 Å². The van der Waals surface area contributed by atoms with Gasteiger partial charge in [-0.3, -0.25) is 4.79 Å². The largest absolute Gasteiger partial charge is 0.496 e. The molecule has 6 nitrogen and oxygen atoms in total. The summed E-state index contributed by atoms with van der Waals surface area (Å²) in [5, 5.41) is 1.17. The first-order valence-electron chi connectivity index (χ1n) is 12.4. The lowest BCUT2D eigenvalue weighted by Crippen LogP contribution is -2.05. The van der Waals surface area contributed by atoms with Crippen LogP contribution in [0.4, 0.5) is 0 Å². The first-order valence-corrected chi connectivity index (χ1v) is 13.2. The van der Waals surface area contributed by atoms with Crippen LogP contribution >= 0.6 is 11.3 Å². The molecule has 196 valence electrons. The number of carbonyl (C=O) groups excluding carboxylic acids is 1. The maximum absolute atomic E-state index is 13.2. The molecule has 7 heteroatoms. The van der Waals surface area contributed by atoms with Crippen LogP contribution in [0.5, 0.6) is 28.7 Å². The third-order valence-corrected chi connectivity index (χ3v) is 7.71. The van der Waals surface area contributed by atoms with Gasteiger partial charge in [0.1, 0.15) is 11.5 Å². The Morgan fingerprint density at radius 2 is 1.55 bits per heavy atom. The smallest absolute Gasteiger partial charge is 0.203 e. The first kappa shape index (κ1) is 25.7. The highest BCUT2D eigenvalue weighted by Gasteiger charge is 2.24. The average Bonchev–Trinajstić information content (AvgIpc) is 3.69. The summed E-state index contributed by atoms with van der Waals surface area (Å²) < 4.78 is 29.5. The highest BCUT2D eigenvalue weighted by Crippen LogP contribution is 2.43. The van der Waals surface area contributed by atoms with Crippen LogP contribution in [0.1, 0.15) is 28.8 Å². The van der Waals surface area contributed by atoms with Gasteiger partial charge in [0.25, 0.3) is 0 Å². The zero-order chi connectivity index (χ0) is 26.6. The summed E-state index contributed by atoms with van der Waals surface area (Å²) in [6.45, 7) is 0.610. The van der Waals surface area contributed by atoms with E-state index in [-0.39, 0.29) is 5.78 Å². The molecule has 1 fully saturated rings. The SMILES string of the molecule is COc1cc(OC)c(-c2cc3ccccc3s2)cc1/C=C/C(=O)c1cc(OC)c(OCC2CC2)c(OC)c1. The van der Waals surface area contributed by atoms with Crippen LogP contribution in [0.3, 0.4) is 0 Å². The number of allylic oxidation sites excluding steroid dienone is 1. The molecule has 0 amide bonds. The fourth-order valence-corrected chi connectivity index (χ4v) is 5.36. The zero-order valence-electron chi connectivity index (χ0n) is 21.9. The first-order chi connectivity index (χ1) is 18.5. The lowest BCUT2D eigenvalue weighted by molar-refractivity contribution is 0.104. The predicted octanol–water partition coefficient (Wildman–Crippen LogP) is 7.29. The van der Waals surface area contributed by atoms with Gasteiger partial charge in [0, 0.05) is 32.3 Å². The van der Waals surface area contributed by atoms with E-state index in [2.05, 4.69) is 18.2 Å². The van der Waals surface area contributed by atoms with Gasteiger partial charge in [-0.1, -0.05) is 18.2 Å². The van der Waals surface area contributed by atoms with Crippen molar-refractivity contribution in [2.45, 2.75) is 12.8 Å². The van der Waals surface area contributed by atoms with Gasteiger partial charge in [0.05, 0.1) is 35.0 Å². The Kier molecular flexibility index (Phi) is 7.56. The normalized spacial score (nSPS) is 13.1. The zero-order valence-corrected chi connectivity index (χ0v) is 22.7. The van der Waals surface area contributed by atoms with Gasteiger partial charge in [-0.15, -0.1) is 11.3 Å². The molecule has 0 spiro atoms. The van der Waals surface area contributed by atoms with E-state index in [4.69, 9.17) is 23.7 Å². The Morgan fingerprint density at radius 1 is 0.868 bits per heavy atom. The Hall–Kier alpha value is -3.97. The molecular weight excluding hydrogens is 500 g/mol. The highest BCUT2D eigenvalue weighted by molar-refractivity contribution is 7.22. The number of thiophene rings is 1. The van der Waals surface area contributed by atoms with Crippen LogP contribution in [-0.2, 0) is 0 Å². The molecule has 1 saturated carbocycles. The van der Waals surface area contributed by atoms with Crippen molar-refractivity contribution in [1.82, 2.24) is 0 Å². The van der Waals surface area contributed by atoms with E-state index >= 15 is 0 Å². The van der Waals surface area contributed by atoms with E-state index in [0.717, 1.165) is 16.0 Å². The number of hydrogen-bond donors (Lipinski definition) is 0. The van der Waals surface area contributed by atoms with Gasteiger partial charge in [-0.25, -0.2) is 0 Å². The van der Waals surface area contributed by atoms with Crippen molar-refractivity contribution < 1.29 is 28.5 Å². The summed E-state index contributed by atoms with van der Waals surface area (Å²) in [6, 6.07) is 17.6. The van der Waals surface area contributed by atoms with E-state index < -0.39 is 0 Å². The molecule has 0 saturated heterocycles. The molecule has 0 radical (unpaired) electrons. The van der Waals surface area contributed by atoms with Crippen LogP contribution < -0.4 is 23.7 Å². The molecule has 38 heavy (non-hydrogen) atoms. The Bertz CT molecular complexity index is 1440. The quantitative estimate of drug-likeness (QED) is 0.150. The van der Waals surface area contributed by atoms with E-state index in [0.29, 0.717) is 46.8 Å². The van der Waals surface area contributed by atoms with Crippen LogP contribution in [-0.4, -0.2) is 40.8 Å². The third-order valence-electron chi connectivity index (χ3n) is 6.56. The maximum Gasteiger partial charge on any atom is 0.203 e. The number of carbonyl (C=O) groups is 1. The molecule has 4 aromatic rings. The molecule has 0 atom stereocenters. The van der Waals surface area contributed by atoms with Crippen molar-refractivity contribution in [3.05, 3.63) is 71.8 Å². The van der Waals surface area contributed by atoms with Crippen molar-refractivity contribution in [2.24, 2.45) is 5.92 Å². The summed E-state index contributed by atoms with van der Waals surface area (Å²) in [4.78, 5) is 14.3. The fraction of sp³-hybridized carbons (Fsp3) is 0.258. The number of ether oxygens (including phenoxy) is 5. The molecule has 0 unspecified atom stereocenters. The Balaban J connectivity index is 1.47. The maximum atomic E-state index is 13.2. The lowest BCUT2D eigenvalue weighted by atomic mass is 10.0. The van der Waals surface area contributed by atoms with Gasteiger partial charge < -0.3 is 23.7 Å². The van der Waals surface area contributed by atoms with Crippen molar-refractivity contribution in [2.75, 3.05) is 35.0 Å². The fourth-order valence-electron chi connectivity index (χ4n) is 4.27.